The Morgan fingerprint density at radius 1 is 1.38 bits per heavy atom. The average molecular weight is 230 g/mol. The van der Waals surface area contributed by atoms with Crippen LogP contribution < -0.4 is 5.73 Å². The van der Waals surface area contributed by atoms with Crippen molar-refractivity contribution in [3.05, 3.63) is 0 Å². The highest BCUT2D eigenvalue weighted by Crippen LogP contribution is 2.18. The quantitative estimate of drug-likeness (QED) is 0.588. The summed E-state index contributed by atoms with van der Waals surface area (Å²) in [6.07, 6.45) is -0.888. The molecule has 0 saturated carbocycles. The average Bonchev–Trinajstić information content (AvgIpc) is 2.54. The molecule has 0 spiro atoms. The van der Waals surface area contributed by atoms with E-state index in [0.29, 0.717) is 12.5 Å². The standard InChI is InChI=1S/C11H22N2O3/c1-7(2)3-8(4-12)11(16)13-5-9(14)10(15)6-13/h7-10,14-15H,3-6,12H2,1-2H3. The number of carbonyl (C=O) groups excluding carboxylic acids is 1. The molecular formula is C11H22N2O3. The maximum atomic E-state index is 12.0. The van der Waals surface area contributed by atoms with E-state index in [1.807, 2.05) is 13.8 Å². The molecule has 1 aliphatic heterocycles. The Hall–Kier alpha value is -0.650. The summed E-state index contributed by atoms with van der Waals surface area (Å²) in [6, 6.07) is 0. The van der Waals surface area contributed by atoms with Crippen LogP contribution in [0.1, 0.15) is 20.3 Å². The molecule has 5 nitrogen and oxygen atoms in total. The molecule has 3 unspecified atom stereocenters. The topological polar surface area (TPSA) is 86.8 Å². The maximum absolute atomic E-state index is 12.0. The Morgan fingerprint density at radius 3 is 2.25 bits per heavy atom. The van der Waals surface area contributed by atoms with Gasteiger partial charge in [-0.2, -0.15) is 0 Å². The van der Waals surface area contributed by atoms with E-state index in [1.165, 1.54) is 4.90 Å². The predicted octanol–water partition coefficient (Wildman–Crippen LogP) is -0.829. The van der Waals surface area contributed by atoms with Gasteiger partial charge in [0.1, 0.15) is 0 Å². The Bertz CT molecular complexity index is 229. The van der Waals surface area contributed by atoms with Gasteiger partial charge in [-0.3, -0.25) is 4.79 Å². The summed E-state index contributed by atoms with van der Waals surface area (Å²) in [4.78, 5) is 13.5. The third kappa shape index (κ3) is 3.17. The van der Waals surface area contributed by atoms with E-state index in [2.05, 4.69) is 0 Å². The zero-order valence-electron chi connectivity index (χ0n) is 9.97. The SMILES string of the molecule is CC(C)CC(CN)C(=O)N1CC(O)C(O)C1. The van der Waals surface area contributed by atoms with Gasteiger partial charge < -0.3 is 20.8 Å². The first-order valence-corrected chi connectivity index (χ1v) is 5.80. The van der Waals surface area contributed by atoms with Crippen LogP contribution >= 0.6 is 0 Å². The van der Waals surface area contributed by atoms with Crippen molar-refractivity contribution in [2.75, 3.05) is 19.6 Å². The number of hydrogen-bond acceptors (Lipinski definition) is 4. The summed E-state index contributed by atoms with van der Waals surface area (Å²) in [5.74, 6) is 0.166. The second kappa shape index (κ2) is 5.61. The van der Waals surface area contributed by atoms with Gasteiger partial charge in [-0.1, -0.05) is 13.8 Å². The molecule has 3 atom stereocenters. The lowest BCUT2D eigenvalue weighted by atomic mass is 9.96. The van der Waals surface area contributed by atoms with Crippen molar-refractivity contribution in [3.63, 3.8) is 0 Å². The van der Waals surface area contributed by atoms with E-state index in [1.54, 1.807) is 0 Å². The molecule has 0 aliphatic carbocycles. The van der Waals surface area contributed by atoms with Gasteiger partial charge in [-0.15, -0.1) is 0 Å². The maximum Gasteiger partial charge on any atom is 0.227 e. The lowest BCUT2D eigenvalue weighted by molar-refractivity contribution is -0.135. The number of nitrogens with two attached hydrogens (primary N) is 1. The summed E-state index contributed by atoms with van der Waals surface area (Å²) in [5, 5.41) is 18.8. The van der Waals surface area contributed by atoms with Crippen molar-refractivity contribution in [2.24, 2.45) is 17.6 Å². The Kier molecular flexibility index (Phi) is 4.70. The molecule has 1 aliphatic rings. The number of hydrogen-bond donors (Lipinski definition) is 3. The molecule has 0 aromatic heterocycles. The molecule has 16 heavy (non-hydrogen) atoms. The highest BCUT2D eigenvalue weighted by atomic mass is 16.3. The van der Waals surface area contributed by atoms with Crippen molar-refractivity contribution in [1.29, 1.82) is 0 Å². The highest BCUT2D eigenvalue weighted by molar-refractivity contribution is 5.79. The molecule has 1 amide bonds. The molecule has 1 heterocycles. The lowest BCUT2D eigenvalue weighted by Gasteiger charge is -2.23. The van der Waals surface area contributed by atoms with E-state index in [4.69, 9.17) is 5.73 Å². The number of likely N-dealkylation sites (tertiary alicyclic amines) is 1. The van der Waals surface area contributed by atoms with Gasteiger partial charge in [0.15, 0.2) is 0 Å². The molecule has 1 rings (SSSR count). The van der Waals surface area contributed by atoms with Crippen LogP contribution in [0.2, 0.25) is 0 Å². The van der Waals surface area contributed by atoms with Crippen molar-refractivity contribution >= 4 is 5.91 Å². The summed E-state index contributed by atoms with van der Waals surface area (Å²) in [5.41, 5.74) is 5.59. The van der Waals surface area contributed by atoms with Crippen molar-refractivity contribution in [1.82, 2.24) is 4.90 Å². The molecule has 1 saturated heterocycles. The first-order chi connectivity index (χ1) is 7.45. The molecule has 0 aromatic rings. The first-order valence-electron chi connectivity index (χ1n) is 5.80. The summed E-state index contributed by atoms with van der Waals surface area (Å²) < 4.78 is 0. The molecule has 0 aromatic carbocycles. The third-order valence-corrected chi connectivity index (χ3v) is 2.96. The van der Waals surface area contributed by atoms with Crippen LogP contribution in [0.25, 0.3) is 0 Å². The Labute approximate surface area is 96.2 Å². The highest BCUT2D eigenvalue weighted by Gasteiger charge is 2.35. The van der Waals surface area contributed by atoms with Gasteiger partial charge in [0, 0.05) is 19.6 Å². The molecular weight excluding hydrogens is 208 g/mol. The van der Waals surface area contributed by atoms with Gasteiger partial charge >= 0.3 is 0 Å². The van der Waals surface area contributed by atoms with Gasteiger partial charge in [0.05, 0.1) is 18.1 Å². The van der Waals surface area contributed by atoms with Gasteiger partial charge in [-0.05, 0) is 12.3 Å². The minimum Gasteiger partial charge on any atom is -0.388 e. The summed E-state index contributed by atoms with van der Waals surface area (Å²) in [6.45, 7) is 4.84. The number of rotatable bonds is 4. The van der Waals surface area contributed by atoms with Crippen molar-refractivity contribution < 1.29 is 15.0 Å². The molecule has 0 radical (unpaired) electrons. The van der Waals surface area contributed by atoms with Gasteiger partial charge in [-0.25, -0.2) is 0 Å². The molecule has 1 fully saturated rings. The van der Waals surface area contributed by atoms with Crippen molar-refractivity contribution in [2.45, 2.75) is 32.5 Å². The molecule has 94 valence electrons. The van der Waals surface area contributed by atoms with E-state index in [0.717, 1.165) is 6.42 Å². The van der Waals surface area contributed by atoms with E-state index in [9.17, 15) is 15.0 Å². The lowest BCUT2D eigenvalue weighted by Crippen LogP contribution is -2.39. The summed E-state index contributed by atoms with van der Waals surface area (Å²) >= 11 is 0. The number of carbonyl (C=O) groups is 1. The van der Waals surface area contributed by atoms with Gasteiger partial charge in [0.25, 0.3) is 0 Å². The summed E-state index contributed by atoms with van der Waals surface area (Å²) in [7, 11) is 0. The van der Waals surface area contributed by atoms with E-state index >= 15 is 0 Å². The number of β-amino-alcohol motifs (C(OH)–C–C–N with tert-alkyl or cyclic N) is 2. The minimum absolute atomic E-state index is 0.0493. The van der Waals surface area contributed by atoms with Crippen LogP contribution in [0.15, 0.2) is 0 Å². The van der Waals surface area contributed by atoms with E-state index < -0.39 is 12.2 Å². The number of nitrogens with zero attached hydrogens (tertiary/aromatic N) is 1. The second-order valence-electron chi connectivity index (χ2n) is 4.94. The van der Waals surface area contributed by atoms with E-state index in [-0.39, 0.29) is 24.9 Å². The number of amides is 1. The minimum atomic E-state index is -0.818. The Balaban J connectivity index is 2.55. The third-order valence-electron chi connectivity index (χ3n) is 2.96. The van der Waals surface area contributed by atoms with Crippen LogP contribution in [-0.2, 0) is 4.79 Å². The zero-order chi connectivity index (χ0) is 12.3. The second-order valence-corrected chi connectivity index (χ2v) is 4.94. The molecule has 5 heteroatoms. The largest absolute Gasteiger partial charge is 0.388 e. The van der Waals surface area contributed by atoms with Crippen molar-refractivity contribution in [3.8, 4) is 0 Å². The zero-order valence-corrected chi connectivity index (χ0v) is 9.97. The fourth-order valence-corrected chi connectivity index (χ4v) is 2.07. The number of aliphatic hydroxyl groups excluding tert-OH is 2. The van der Waals surface area contributed by atoms with Gasteiger partial charge in [0.2, 0.25) is 5.91 Å². The molecule has 4 N–H and O–H groups in total. The van der Waals surface area contributed by atoms with Crippen LogP contribution in [-0.4, -0.2) is 52.9 Å². The van der Waals surface area contributed by atoms with Crippen LogP contribution in [0.4, 0.5) is 0 Å². The fourth-order valence-electron chi connectivity index (χ4n) is 2.07. The van der Waals surface area contributed by atoms with Crippen LogP contribution in [0, 0.1) is 11.8 Å². The molecule has 0 bridgehead atoms. The fraction of sp³-hybridized carbons (Fsp3) is 0.909. The number of aliphatic hydroxyl groups is 2. The predicted molar refractivity (Wildman–Crippen MR) is 60.6 cm³/mol. The Morgan fingerprint density at radius 2 is 1.88 bits per heavy atom. The monoisotopic (exact) mass is 230 g/mol. The van der Waals surface area contributed by atoms with Crippen LogP contribution in [0.3, 0.4) is 0 Å². The smallest absolute Gasteiger partial charge is 0.227 e. The van der Waals surface area contributed by atoms with Crippen LogP contribution in [0.5, 0.6) is 0 Å². The normalized spacial score (nSPS) is 27.5. The first kappa shape index (κ1) is 13.4.